The van der Waals surface area contributed by atoms with E-state index in [4.69, 9.17) is 4.74 Å². The number of hydrogen-bond acceptors (Lipinski definition) is 3. The number of nitrogens with one attached hydrogen (secondary N) is 3. The normalized spacial score (nSPS) is 15.7. The number of guanidine groups is 1. The highest BCUT2D eigenvalue weighted by molar-refractivity contribution is 14.0. The predicted molar refractivity (Wildman–Crippen MR) is 124 cm³/mol. The van der Waals surface area contributed by atoms with Gasteiger partial charge in [-0.3, -0.25) is 9.79 Å². The summed E-state index contributed by atoms with van der Waals surface area (Å²) in [6.45, 7) is 3.85. The molecule has 0 saturated heterocycles. The number of rotatable bonds is 6. The third-order valence-corrected chi connectivity index (χ3v) is 4.59. The minimum absolute atomic E-state index is 0. The molecule has 0 aromatic heterocycles. The molecular formula is C21H27IN4O2. The number of carbonyl (C=O) groups excluding carboxylic acids is 1. The maximum absolute atomic E-state index is 11.9. The Kier molecular flexibility index (Phi) is 8.56. The Bertz CT molecular complexity index is 826. The summed E-state index contributed by atoms with van der Waals surface area (Å²) in [5.41, 5.74) is 3.17. The zero-order valence-electron chi connectivity index (χ0n) is 16.2. The number of benzene rings is 2. The van der Waals surface area contributed by atoms with E-state index in [0.29, 0.717) is 32.1 Å². The number of aryl methyl sites for hydroxylation is 1. The van der Waals surface area contributed by atoms with Crippen LogP contribution in [0.1, 0.15) is 23.5 Å². The molecule has 3 N–H and O–H groups in total. The van der Waals surface area contributed by atoms with Gasteiger partial charge in [-0.25, -0.2) is 0 Å². The van der Waals surface area contributed by atoms with Crippen molar-refractivity contribution in [3.05, 3.63) is 59.7 Å². The molecule has 1 amide bonds. The van der Waals surface area contributed by atoms with Gasteiger partial charge in [0.1, 0.15) is 12.4 Å². The maximum atomic E-state index is 11.9. The zero-order valence-corrected chi connectivity index (χ0v) is 18.5. The van der Waals surface area contributed by atoms with E-state index in [1.807, 2.05) is 49.4 Å². The van der Waals surface area contributed by atoms with Crippen LogP contribution in [-0.2, 0) is 4.79 Å². The lowest BCUT2D eigenvalue weighted by Crippen LogP contribution is -2.42. The van der Waals surface area contributed by atoms with E-state index < -0.39 is 0 Å². The summed E-state index contributed by atoms with van der Waals surface area (Å²) in [6.07, 6.45) is 0.470. The number of nitrogens with zero attached hydrogens (tertiary/aromatic N) is 1. The topological polar surface area (TPSA) is 74.8 Å². The van der Waals surface area contributed by atoms with Crippen LogP contribution in [0.2, 0.25) is 0 Å². The number of halogens is 1. The molecule has 0 spiro atoms. The Morgan fingerprint density at radius 1 is 1.18 bits per heavy atom. The highest BCUT2D eigenvalue weighted by Crippen LogP contribution is 2.31. The van der Waals surface area contributed by atoms with Crippen molar-refractivity contribution >= 4 is 41.5 Å². The standard InChI is InChI=1S/C21H26N4O2.HI/c1-15-7-3-6-10-19(15)27-12-11-23-21(22-2)24-14-16-13-20(26)25-18-9-5-4-8-17(16)18;/h3-10,16H,11-14H2,1-2H3,(H,25,26)(H2,22,23,24);1H. The first-order valence-electron chi connectivity index (χ1n) is 9.19. The number of amides is 1. The van der Waals surface area contributed by atoms with Crippen molar-refractivity contribution in [1.82, 2.24) is 10.6 Å². The third kappa shape index (κ3) is 5.85. The second-order valence-corrected chi connectivity index (χ2v) is 6.53. The summed E-state index contributed by atoms with van der Waals surface area (Å²) in [5.74, 6) is 1.77. The SMILES string of the molecule is CN=C(NCCOc1ccccc1C)NCC1CC(=O)Nc2ccccc21.I. The lowest BCUT2D eigenvalue weighted by Gasteiger charge is -2.26. The van der Waals surface area contributed by atoms with Gasteiger partial charge in [0, 0.05) is 31.6 Å². The van der Waals surface area contributed by atoms with E-state index in [-0.39, 0.29) is 35.8 Å². The molecule has 7 heteroatoms. The number of anilines is 1. The van der Waals surface area contributed by atoms with Crippen molar-refractivity contribution in [3.63, 3.8) is 0 Å². The van der Waals surface area contributed by atoms with Gasteiger partial charge in [-0.05, 0) is 30.2 Å². The summed E-state index contributed by atoms with van der Waals surface area (Å²) in [5, 5.41) is 9.49. The largest absolute Gasteiger partial charge is 0.491 e. The van der Waals surface area contributed by atoms with E-state index >= 15 is 0 Å². The summed E-state index contributed by atoms with van der Waals surface area (Å²) in [4.78, 5) is 16.2. The monoisotopic (exact) mass is 494 g/mol. The first-order chi connectivity index (χ1) is 13.2. The van der Waals surface area contributed by atoms with E-state index in [9.17, 15) is 4.79 Å². The molecule has 1 heterocycles. The van der Waals surface area contributed by atoms with Gasteiger partial charge in [0.2, 0.25) is 5.91 Å². The van der Waals surface area contributed by atoms with Crippen LogP contribution in [0.15, 0.2) is 53.5 Å². The van der Waals surface area contributed by atoms with Gasteiger partial charge < -0.3 is 20.7 Å². The number of carbonyl (C=O) groups is 1. The summed E-state index contributed by atoms with van der Waals surface area (Å²) >= 11 is 0. The number of para-hydroxylation sites is 2. The second kappa shape index (κ2) is 10.9. The summed E-state index contributed by atoms with van der Waals surface area (Å²) in [7, 11) is 1.74. The molecule has 0 saturated carbocycles. The highest BCUT2D eigenvalue weighted by atomic mass is 127. The molecule has 0 bridgehead atoms. The fourth-order valence-corrected chi connectivity index (χ4v) is 3.17. The lowest BCUT2D eigenvalue weighted by atomic mass is 9.90. The maximum Gasteiger partial charge on any atom is 0.225 e. The lowest BCUT2D eigenvalue weighted by molar-refractivity contribution is -0.116. The fraction of sp³-hybridized carbons (Fsp3) is 0.333. The van der Waals surface area contributed by atoms with E-state index in [1.165, 1.54) is 0 Å². The minimum Gasteiger partial charge on any atom is -0.491 e. The van der Waals surface area contributed by atoms with Crippen molar-refractivity contribution in [2.75, 3.05) is 32.1 Å². The quantitative estimate of drug-likeness (QED) is 0.250. The van der Waals surface area contributed by atoms with Crippen LogP contribution in [0.4, 0.5) is 5.69 Å². The Morgan fingerprint density at radius 2 is 1.93 bits per heavy atom. The second-order valence-electron chi connectivity index (χ2n) is 6.53. The van der Waals surface area contributed by atoms with Gasteiger partial charge in [-0.2, -0.15) is 0 Å². The molecule has 0 aliphatic carbocycles. The molecule has 1 atom stereocenters. The third-order valence-electron chi connectivity index (χ3n) is 4.59. The molecule has 28 heavy (non-hydrogen) atoms. The molecule has 2 aromatic rings. The van der Waals surface area contributed by atoms with Gasteiger partial charge in [0.05, 0.1) is 6.54 Å². The molecule has 1 aliphatic heterocycles. The van der Waals surface area contributed by atoms with Crippen molar-refractivity contribution in [3.8, 4) is 5.75 Å². The van der Waals surface area contributed by atoms with Gasteiger partial charge in [0.25, 0.3) is 0 Å². The van der Waals surface area contributed by atoms with Gasteiger partial charge >= 0.3 is 0 Å². The van der Waals surface area contributed by atoms with Crippen LogP contribution in [0.25, 0.3) is 0 Å². The van der Waals surface area contributed by atoms with E-state index in [0.717, 1.165) is 22.6 Å². The summed E-state index contributed by atoms with van der Waals surface area (Å²) in [6, 6.07) is 15.9. The molecule has 2 aromatic carbocycles. The van der Waals surface area contributed by atoms with Crippen molar-refractivity contribution in [2.24, 2.45) is 4.99 Å². The van der Waals surface area contributed by atoms with Gasteiger partial charge in [-0.1, -0.05) is 36.4 Å². The van der Waals surface area contributed by atoms with Crippen molar-refractivity contribution < 1.29 is 9.53 Å². The Morgan fingerprint density at radius 3 is 2.71 bits per heavy atom. The molecule has 0 radical (unpaired) electrons. The average Bonchev–Trinajstić information content (AvgIpc) is 2.68. The molecular weight excluding hydrogens is 467 g/mol. The van der Waals surface area contributed by atoms with E-state index in [2.05, 4.69) is 27.0 Å². The predicted octanol–water partition coefficient (Wildman–Crippen LogP) is 3.28. The van der Waals surface area contributed by atoms with Crippen LogP contribution in [0, 0.1) is 6.92 Å². The average molecular weight is 494 g/mol. The van der Waals surface area contributed by atoms with Crippen LogP contribution < -0.4 is 20.7 Å². The number of hydrogen-bond donors (Lipinski definition) is 3. The van der Waals surface area contributed by atoms with Crippen molar-refractivity contribution in [2.45, 2.75) is 19.3 Å². The smallest absolute Gasteiger partial charge is 0.225 e. The molecule has 3 rings (SSSR count). The Labute approximate surface area is 183 Å². The van der Waals surface area contributed by atoms with Crippen LogP contribution in [0.3, 0.4) is 0 Å². The molecule has 6 nitrogen and oxygen atoms in total. The Balaban J connectivity index is 0.00000280. The summed E-state index contributed by atoms with van der Waals surface area (Å²) < 4.78 is 5.79. The minimum atomic E-state index is 0. The van der Waals surface area contributed by atoms with Crippen molar-refractivity contribution in [1.29, 1.82) is 0 Å². The zero-order chi connectivity index (χ0) is 19.1. The van der Waals surface area contributed by atoms with Crippen LogP contribution >= 0.6 is 24.0 Å². The first kappa shape index (κ1) is 22.0. The van der Waals surface area contributed by atoms with Crippen LogP contribution in [0.5, 0.6) is 5.75 Å². The van der Waals surface area contributed by atoms with E-state index in [1.54, 1.807) is 7.05 Å². The van der Waals surface area contributed by atoms with Gasteiger partial charge in [0.15, 0.2) is 5.96 Å². The molecule has 1 unspecified atom stereocenters. The number of ether oxygens (including phenoxy) is 1. The number of fused-ring (bicyclic) bond motifs is 1. The highest BCUT2D eigenvalue weighted by Gasteiger charge is 2.24. The molecule has 1 aliphatic rings. The molecule has 0 fully saturated rings. The number of aliphatic imine (C=N–C) groups is 1. The Hall–Kier alpha value is -2.29. The first-order valence-corrected chi connectivity index (χ1v) is 9.19. The molecule has 150 valence electrons. The van der Waals surface area contributed by atoms with Gasteiger partial charge in [-0.15, -0.1) is 24.0 Å². The fourth-order valence-electron chi connectivity index (χ4n) is 3.17. The van der Waals surface area contributed by atoms with Crippen LogP contribution in [-0.4, -0.2) is 38.6 Å².